The number of amides is 1. The van der Waals surface area contributed by atoms with Crippen LogP contribution in [-0.2, 0) is 4.79 Å². The molecule has 1 aromatic rings. The molecule has 88 valence electrons. The van der Waals surface area contributed by atoms with Crippen LogP contribution in [0, 0.1) is 6.92 Å². The van der Waals surface area contributed by atoms with Crippen molar-refractivity contribution >= 4 is 5.91 Å². The van der Waals surface area contributed by atoms with Crippen LogP contribution in [0.25, 0.3) is 0 Å². The molecule has 3 heteroatoms. The molecule has 0 fully saturated rings. The van der Waals surface area contributed by atoms with Gasteiger partial charge in [-0.05, 0) is 32.4 Å². The van der Waals surface area contributed by atoms with E-state index in [0.717, 1.165) is 11.3 Å². The maximum Gasteiger partial charge on any atom is 0.260 e. The number of aryl methyl sites for hydroxylation is 1. The smallest absolute Gasteiger partial charge is 0.260 e. The Morgan fingerprint density at radius 3 is 2.56 bits per heavy atom. The van der Waals surface area contributed by atoms with Crippen LogP contribution in [0.1, 0.15) is 19.4 Å². The molecule has 0 saturated heterocycles. The molecule has 0 atom stereocenters. The summed E-state index contributed by atoms with van der Waals surface area (Å²) in [7, 11) is 1.79. The molecule has 0 N–H and O–H groups in total. The number of carbonyl (C=O) groups excluding carboxylic acids is 1. The van der Waals surface area contributed by atoms with Gasteiger partial charge >= 0.3 is 0 Å². The van der Waals surface area contributed by atoms with Crippen molar-refractivity contribution in [2.45, 2.75) is 26.8 Å². The highest BCUT2D eigenvalue weighted by Crippen LogP contribution is 2.16. The fourth-order valence-electron chi connectivity index (χ4n) is 1.25. The summed E-state index contributed by atoms with van der Waals surface area (Å²) >= 11 is 0. The summed E-state index contributed by atoms with van der Waals surface area (Å²) in [5, 5.41) is 0. The van der Waals surface area contributed by atoms with E-state index in [1.807, 2.05) is 45.0 Å². The molecule has 0 saturated carbocycles. The summed E-state index contributed by atoms with van der Waals surface area (Å²) < 4.78 is 5.48. The molecular weight excluding hydrogens is 202 g/mol. The molecule has 1 amide bonds. The molecule has 0 aliphatic heterocycles. The topological polar surface area (TPSA) is 29.5 Å². The van der Waals surface area contributed by atoms with Crippen molar-refractivity contribution in [1.29, 1.82) is 0 Å². The molecule has 0 aromatic heterocycles. The number of hydrogen-bond acceptors (Lipinski definition) is 2. The van der Waals surface area contributed by atoms with E-state index in [4.69, 9.17) is 4.74 Å². The summed E-state index contributed by atoms with van der Waals surface area (Å²) in [6.07, 6.45) is 0. The highest BCUT2D eigenvalue weighted by atomic mass is 16.5. The normalized spacial score (nSPS) is 10.3. The Kier molecular flexibility index (Phi) is 4.35. The van der Waals surface area contributed by atoms with Gasteiger partial charge in [0.15, 0.2) is 6.61 Å². The van der Waals surface area contributed by atoms with Crippen LogP contribution in [-0.4, -0.2) is 30.5 Å². The van der Waals surface area contributed by atoms with Gasteiger partial charge in [0, 0.05) is 13.1 Å². The van der Waals surface area contributed by atoms with E-state index in [1.165, 1.54) is 0 Å². The number of ether oxygens (including phenoxy) is 1. The minimum Gasteiger partial charge on any atom is -0.484 e. The van der Waals surface area contributed by atoms with Gasteiger partial charge in [0.25, 0.3) is 5.91 Å². The van der Waals surface area contributed by atoms with Crippen LogP contribution in [0.3, 0.4) is 0 Å². The number of benzene rings is 1. The van der Waals surface area contributed by atoms with Gasteiger partial charge in [0.05, 0.1) is 0 Å². The Labute approximate surface area is 97.0 Å². The second-order valence-electron chi connectivity index (χ2n) is 4.15. The molecule has 1 rings (SSSR count). The van der Waals surface area contributed by atoms with E-state index in [0.29, 0.717) is 0 Å². The molecule has 3 nitrogen and oxygen atoms in total. The summed E-state index contributed by atoms with van der Waals surface area (Å²) in [6.45, 7) is 6.02. The average Bonchev–Trinajstić information content (AvgIpc) is 2.26. The Morgan fingerprint density at radius 2 is 2.00 bits per heavy atom. The van der Waals surface area contributed by atoms with Crippen molar-refractivity contribution in [3.05, 3.63) is 29.8 Å². The Balaban J connectivity index is 2.52. The SMILES string of the molecule is Cc1ccccc1OCC(=O)N(C)C(C)C. The number of para-hydroxylation sites is 1. The van der Waals surface area contributed by atoms with E-state index in [-0.39, 0.29) is 18.6 Å². The number of carbonyl (C=O) groups is 1. The zero-order chi connectivity index (χ0) is 12.1. The highest BCUT2D eigenvalue weighted by Gasteiger charge is 2.12. The maximum atomic E-state index is 11.7. The molecular formula is C13H19NO2. The first kappa shape index (κ1) is 12.6. The first-order valence-corrected chi connectivity index (χ1v) is 5.46. The lowest BCUT2D eigenvalue weighted by Gasteiger charge is -2.21. The van der Waals surface area contributed by atoms with Crippen molar-refractivity contribution in [3.63, 3.8) is 0 Å². The third-order valence-corrected chi connectivity index (χ3v) is 2.61. The second-order valence-corrected chi connectivity index (χ2v) is 4.15. The van der Waals surface area contributed by atoms with Crippen molar-refractivity contribution in [1.82, 2.24) is 4.90 Å². The summed E-state index contributed by atoms with van der Waals surface area (Å²) in [4.78, 5) is 13.3. The molecule has 0 bridgehead atoms. The van der Waals surface area contributed by atoms with E-state index >= 15 is 0 Å². The number of hydrogen-bond donors (Lipinski definition) is 0. The minimum atomic E-state index is -0.00162. The number of rotatable bonds is 4. The van der Waals surface area contributed by atoms with E-state index < -0.39 is 0 Å². The van der Waals surface area contributed by atoms with Crippen molar-refractivity contribution < 1.29 is 9.53 Å². The van der Waals surface area contributed by atoms with Gasteiger partial charge in [0.2, 0.25) is 0 Å². The van der Waals surface area contributed by atoms with Gasteiger partial charge < -0.3 is 9.64 Å². The summed E-state index contributed by atoms with van der Waals surface area (Å²) in [6, 6.07) is 7.89. The molecule has 16 heavy (non-hydrogen) atoms. The van der Waals surface area contributed by atoms with Gasteiger partial charge in [-0.15, -0.1) is 0 Å². The van der Waals surface area contributed by atoms with Crippen LogP contribution in [0.5, 0.6) is 5.75 Å². The van der Waals surface area contributed by atoms with Crippen LogP contribution in [0.4, 0.5) is 0 Å². The first-order valence-electron chi connectivity index (χ1n) is 5.46. The van der Waals surface area contributed by atoms with Crippen LogP contribution in [0.2, 0.25) is 0 Å². The summed E-state index contributed by atoms with van der Waals surface area (Å²) in [5.74, 6) is 0.770. The monoisotopic (exact) mass is 221 g/mol. The average molecular weight is 221 g/mol. The number of nitrogens with zero attached hydrogens (tertiary/aromatic N) is 1. The fourth-order valence-corrected chi connectivity index (χ4v) is 1.25. The predicted molar refractivity (Wildman–Crippen MR) is 64.6 cm³/mol. The van der Waals surface area contributed by atoms with E-state index in [1.54, 1.807) is 11.9 Å². The first-order chi connectivity index (χ1) is 7.52. The van der Waals surface area contributed by atoms with Gasteiger partial charge in [-0.25, -0.2) is 0 Å². The molecule has 0 unspecified atom stereocenters. The fraction of sp³-hybridized carbons (Fsp3) is 0.462. The van der Waals surface area contributed by atoms with Gasteiger partial charge in [-0.3, -0.25) is 4.79 Å². The lowest BCUT2D eigenvalue weighted by Crippen LogP contribution is -2.36. The van der Waals surface area contributed by atoms with Crippen LogP contribution < -0.4 is 4.74 Å². The largest absolute Gasteiger partial charge is 0.484 e. The minimum absolute atomic E-state index is 0.00162. The van der Waals surface area contributed by atoms with Gasteiger partial charge in [-0.2, -0.15) is 0 Å². The molecule has 1 aromatic carbocycles. The molecule has 0 spiro atoms. The van der Waals surface area contributed by atoms with Crippen molar-refractivity contribution in [2.75, 3.05) is 13.7 Å². The van der Waals surface area contributed by atoms with Crippen LogP contribution in [0.15, 0.2) is 24.3 Å². The van der Waals surface area contributed by atoms with E-state index in [2.05, 4.69) is 0 Å². The van der Waals surface area contributed by atoms with Gasteiger partial charge in [0.1, 0.15) is 5.75 Å². The molecule has 0 heterocycles. The predicted octanol–water partition coefficient (Wildman–Crippen LogP) is 2.24. The molecule has 0 aliphatic rings. The Hall–Kier alpha value is -1.51. The number of likely N-dealkylation sites (N-methyl/N-ethyl adjacent to an activating group) is 1. The summed E-state index contributed by atoms with van der Waals surface area (Å²) in [5.41, 5.74) is 1.04. The third-order valence-electron chi connectivity index (χ3n) is 2.61. The molecule has 0 radical (unpaired) electrons. The van der Waals surface area contributed by atoms with Crippen molar-refractivity contribution in [3.8, 4) is 5.75 Å². The zero-order valence-corrected chi connectivity index (χ0v) is 10.4. The quantitative estimate of drug-likeness (QED) is 0.780. The lowest BCUT2D eigenvalue weighted by molar-refractivity contribution is -0.133. The van der Waals surface area contributed by atoms with Crippen LogP contribution >= 0.6 is 0 Å². The highest BCUT2D eigenvalue weighted by molar-refractivity contribution is 5.77. The van der Waals surface area contributed by atoms with Crippen molar-refractivity contribution in [2.24, 2.45) is 0 Å². The molecule has 0 aliphatic carbocycles. The zero-order valence-electron chi connectivity index (χ0n) is 10.4. The van der Waals surface area contributed by atoms with E-state index in [9.17, 15) is 4.79 Å². The standard InChI is InChI=1S/C13H19NO2/c1-10(2)14(4)13(15)9-16-12-8-6-5-7-11(12)3/h5-8,10H,9H2,1-4H3. The lowest BCUT2D eigenvalue weighted by atomic mass is 10.2. The third kappa shape index (κ3) is 3.26. The Morgan fingerprint density at radius 1 is 1.38 bits per heavy atom. The van der Waals surface area contributed by atoms with Gasteiger partial charge in [-0.1, -0.05) is 18.2 Å². The Bertz CT molecular complexity index is 361. The second kappa shape index (κ2) is 5.54. The maximum absolute atomic E-state index is 11.7.